The fourth-order valence-corrected chi connectivity index (χ4v) is 1.83. The predicted molar refractivity (Wildman–Crippen MR) is 66.9 cm³/mol. The van der Waals surface area contributed by atoms with E-state index in [2.05, 4.69) is 0 Å². The molecule has 0 bridgehead atoms. The van der Waals surface area contributed by atoms with Crippen LogP contribution in [0.5, 0.6) is 0 Å². The van der Waals surface area contributed by atoms with Crippen LogP contribution in [0.25, 0.3) is 0 Å². The van der Waals surface area contributed by atoms with Crippen LogP contribution in [0, 0.1) is 5.82 Å². The summed E-state index contributed by atoms with van der Waals surface area (Å²) in [6, 6.07) is 10.8. The SMILES string of the molecule is OC(c1ccc(Cl)cc1)c1ccc(Cl)cc1F. The molecule has 0 saturated heterocycles. The van der Waals surface area contributed by atoms with E-state index in [9.17, 15) is 9.50 Å². The normalized spacial score (nSPS) is 12.5. The average molecular weight is 271 g/mol. The molecule has 0 radical (unpaired) electrons. The minimum Gasteiger partial charge on any atom is -0.384 e. The van der Waals surface area contributed by atoms with Crippen LogP contribution in [0.1, 0.15) is 17.2 Å². The lowest BCUT2D eigenvalue weighted by Crippen LogP contribution is -2.02. The lowest BCUT2D eigenvalue weighted by atomic mass is 10.0. The summed E-state index contributed by atoms with van der Waals surface area (Å²) < 4.78 is 13.6. The molecule has 0 amide bonds. The third kappa shape index (κ3) is 2.78. The summed E-state index contributed by atoms with van der Waals surface area (Å²) in [7, 11) is 0. The summed E-state index contributed by atoms with van der Waals surface area (Å²) in [5.74, 6) is -0.528. The zero-order valence-electron chi connectivity index (χ0n) is 8.70. The number of benzene rings is 2. The van der Waals surface area contributed by atoms with Gasteiger partial charge >= 0.3 is 0 Å². The van der Waals surface area contributed by atoms with Gasteiger partial charge in [0.1, 0.15) is 11.9 Å². The third-order valence-corrected chi connectivity index (χ3v) is 2.93. The highest BCUT2D eigenvalue weighted by Crippen LogP contribution is 2.26. The van der Waals surface area contributed by atoms with Crippen LogP contribution in [0.3, 0.4) is 0 Å². The first kappa shape index (κ1) is 12.4. The van der Waals surface area contributed by atoms with Crippen LogP contribution in [0.15, 0.2) is 42.5 Å². The van der Waals surface area contributed by atoms with Crippen LogP contribution in [-0.2, 0) is 0 Å². The van der Waals surface area contributed by atoms with Crippen molar-refractivity contribution in [2.45, 2.75) is 6.10 Å². The molecule has 1 atom stereocenters. The molecule has 1 nitrogen and oxygen atoms in total. The van der Waals surface area contributed by atoms with E-state index in [0.717, 1.165) is 0 Å². The standard InChI is InChI=1S/C13H9Cl2FO/c14-9-3-1-8(2-4-9)13(17)11-6-5-10(15)7-12(11)16/h1-7,13,17H. The fraction of sp³-hybridized carbons (Fsp3) is 0.0769. The van der Waals surface area contributed by atoms with Crippen molar-refractivity contribution in [3.63, 3.8) is 0 Å². The van der Waals surface area contributed by atoms with Crippen molar-refractivity contribution in [1.29, 1.82) is 0 Å². The molecule has 0 aromatic heterocycles. The number of hydrogen-bond donors (Lipinski definition) is 1. The van der Waals surface area contributed by atoms with Gasteiger partial charge in [-0.1, -0.05) is 41.4 Å². The fourth-order valence-electron chi connectivity index (χ4n) is 1.55. The summed E-state index contributed by atoms with van der Waals surface area (Å²) in [5, 5.41) is 10.9. The highest BCUT2D eigenvalue weighted by molar-refractivity contribution is 6.30. The molecule has 0 heterocycles. The maximum Gasteiger partial charge on any atom is 0.130 e. The number of halogens is 3. The molecule has 2 aromatic carbocycles. The molecule has 88 valence electrons. The van der Waals surface area contributed by atoms with Gasteiger partial charge in [-0.05, 0) is 29.8 Å². The smallest absolute Gasteiger partial charge is 0.130 e. The summed E-state index contributed by atoms with van der Waals surface area (Å²) in [6.07, 6.45) is -1.02. The summed E-state index contributed by atoms with van der Waals surface area (Å²) in [4.78, 5) is 0. The van der Waals surface area contributed by atoms with Crippen LogP contribution in [-0.4, -0.2) is 5.11 Å². The van der Waals surface area contributed by atoms with Crippen LogP contribution in [0.4, 0.5) is 4.39 Å². The Balaban J connectivity index is 2.36. The Hall–Kier alpha value is -1.09. The van der Waals surface area contributed by atoms with Gasteiger partial charge in [0.05, 0.1) is 0 Å². The van der Waals surface area contributed by atoms with Gasteiger partial charge in [-0.15, -0.1) is 0 Å². The Labute approximate surface area is 108 Å². The van der Waals surface area contributed by atoms with E-state index < -0.39 is 11.9 Å². The Morgan fingerprint density at radius 2 is 1.53 bits per heavy atom. The second kappa shape index (κ2) is 5.05. The van der Waals surface area contributed by atoms with Crippen molar-refractivity contribution in [2.75, 3.05) is 0 Å². The van der Waals surface area contributed by atoms with E-state index >= 15 is 0 Å². The van der Waals surface area contributed by atoms with Crippen molar-refractivity contribution in [3.8, 4) is 0 Å². The van der Waals surface area contributed by atoms with Crippen molar-refractivity contribution in [2.24, 2.45) is 0 Å². The van der Waals surface area contributed by atoms with Gasteiger partial charge in [-0.25, -0.2) is 4.39 Å². The summed E-state index contributed by atoms with van der Waals surface area (Å²) in [6.45, 7) is 0. The van der Waals surface area contributed by atoms with Crippen molar-refractivity contribution in [3.05, 3.63) is 69.5 Å². The van der Waals surface area contributed by atoms with Crippen molar-refractivity contribution < 1.29 is 9.50 Å². The Morgan fingerprint density at radius 1 is 0.941 bits per heavy atom. The van der Waals surface area contributed by atoms with Gasteiger partial charge in [0.2, 0.25) is 0 Å². The van der Waals surface area contributed by atoms with E-state index in [0.29, 0.717) is 15.6 Å². The van der Waals surface area contributed by atoms with E-state index in [1.165, 1.54) is 12.1 Å². The Morgan fingerprint density at radius 3 is 2.12 bits per heavy atom. The average Bonchev–Trinajstić information content (AvgIpc) is 2.29. The molecule has 0 saturated carbocycles. The van der Waals surface area contributed by atoms with Gasteiger partial charge in [-0.2, -0.15) is 0 Å². The molecule has 1 unspecified atom stereocenters. The molecule has 0 spiro atoms. The van der Waals surface area contributed by atoms with E-state index in [1.807, 2.05) is 0 Å². The summed E-state index contributed by atoms with van der Waals surface area (Å²) >= 11 is 11.4. The first-order valence-electron chi connectivity index (χ1n) is 4.96. The molecule has 0 aliphatic heterocycles. The topological polar surface area (TPSA) is 20.2 Å². The maximum absolute atomic E-state index is 13.6. The zero-order chi connectivity index (χ0) is 12.4. The summed E-state index contributed by atoms with van der Waals surface area (Å²) in [5.41, 5.74) is 0.771. The molecule has 1 N–H and O–H groups in total. The molecule has 2 aromatic rings. The molecular formula is C13H9Cl2FO. The first-order chi connectivity index (χ1) is 8.08. The number of rotatable bonds is 2. The second-order valence-corrected chi connectivity index (χ2v) is 4.49. The molecule has 2 rings (SSSR count). The molecule has 0 aliphatic rings. The maximum atomic E-state index is 13.6. The third-order valence-electron chi connectivity index (χ3n) is 2.44. The zero-order valence-corrected chi connectivity index (χ0v) is 10.2. The highest BCUT2D eigenvalue weighted by Gasteiger charge is 2.14. The number of aliphatic hydroxyl groups excluding tert-OH is 1. The van der Waals surface area contributed by atoms with Gasteiger partial charge in [-0.3, -0.25) is 0 Å². The molecule has 4 heteroatoms. The van der Waals surface area contributed by atoms with E-state index in [4.69, 9.17) is 23.2 Å². The van der Waals surface area contributed by atoms with Crippen LogP contribution < -0.4 is 0 Å². The molecular weight excluding hydrogens is 262 g/mol. The molecule has 0 aliphatic carbocycles. The first-order valence-corrected chi connectivity index (χ1v) is 5.72. The highest BCUT2D eigenvalue weighted by atomic mass is 35.5. The quantitative estimate of drug-likeness (QED) is 0.867. The minimum absolute atomic E-state index is 0.191. The monoisotopic (exact) mass is 270 g/mol. The van der Waals surface area contributed by atoms with Crippen LogP contribution in [0.2, 0.25) is 10.0 Å². The predicted octanol–water partition coefficient (Wildman–Crippen LogP) is 4.21. The molecule has 17 heavy (non-hydrogen) atoms. The van der Waals surface area contributed by atoms with Crippen molar-refractivity contribution in [1.82, 2.24) is 0 Å². The Bertz CT molecular complexity index is 525. The second-order valence-electron chi connectivity index (χ2n) is 3.62. The van der Waals surface area contributed by atoms with E-state index in [-0.39, 0.29) is 5.56 Å². The van der Waals surface area contributed by atoms with Gasteiger partial charge < -0.3 is 5.11 Å². The van der Waals surface area contributed by atoms with Gasteiger partial charge in [0, 0.05) is 15.6 Å². The van der Waals surface area contributed by atoms with Crippen LogP contribution >= 0.6 is 23.2 Å². The molecule has 0 fully saturated rings. The Kier molecular flexibility index (Phi) is 3.67. The van der Waals surface area contributed by atoms with Gasteiger partial charge in [0.15, 0.2) is 0 Å². The largest absolute Gasteiger partial charge is 0.384 e. The lowest BCUT2D eigenvalue weighted by molar-refractivity contribution is 0.215. The minimum atomic E-state index is -1.02. The van der Waals surface area contributed by atoms with Crippen molar-refractivity contribution >= 4 is 23.2 Å². The van der Waals surface area contributed by atoms with Gasteiger partial charge in [0.25, 0.3) is 0 Å². The lowest BCUT2D eigenvalue weighted by Gasteiger charge is -2.12. The van der Waals surface area contributed by atoms with E-state index in [1.54, 1.807) is 30.3 Å². The number of aliphatic hydroxyl groups is 1. The number of hydrogen-bond acceptors (Lipinski definition) is 1.